The smallest absolute Gasteiger partial charge is 0.268 e. The molecule has 0 aromatic carbocycles. The highest BCUT2D eigenvalue weighted by molar-refractivity contribution is 9.09. The van der Waals surface area contributed by atoms with Gasteiger partial charge in [-0.05, 0) is 12.1 Å². The van der Waals surface area contributed by atoms with Gasteiger partial charge in [-0.1, -0.05) is 15.9 Å². The van der Waals surface area contributed by atoms with Gasteiger partial charge in [-0.25, -0.2) is 0 Å². The van der Waals surface area contributed by atoms with Crippen LogP contribution < -0.4 is 5.73 Å². The molecule has 0 saturated carbocycles. The van der Waals surface area contributed by atoms with Crippen molar-refractivity contribution in [2.24, 2.45) is 5.73 Å². The topological polar surface area (TPSA) is 73.1 Å². The van der Waals surface area contributed by atoms with Crippen LogP contribution in [0.25, 0.3) is 0 Å². The number of halogens is 1. The van der Waals surface area contributed by atoms with Crippen molar-refractivity contribution >= 4 is 27.6 Å². The molecule has 1 heterocycles. The summed E-state index contributed by atoms with van der Waals surface area (Å²) in [5, 5.41) is 0.152. The van der Waals surface area contributed by atoms with E-state index < -0.39 is 5.91 Å². The van der Waals surface area contributed by atoms with Gasteiger partial charge in [0.2, 0.25) is 0 Å². The Morgan fingerprint density at radius 2 is 2.23 bits per heavy atom. The lowest BCUT2D eigenvalue weighted by molar-refractivity contribution is 0.0971. The second kappa shape index (κ2) is 4.13. The van der Waals surface area contributed by atoms with Crippen LogP contribution in [0, 0.1) is 0 Å². The van der Waals surface area contributed by atoms with Crippen molar-refractivity contribution in [3.63, 3.8) is 0 Å². The number of hydrogen-bond acceptors (Lipinski definition) is 3. The standard InChI is InChI=1S/C8H7BrN2O2/c9-4-6(12)5-2-1-3-11-7(5)8(10)13/h1-3H,4H2,(H2,10,13). The van der Waals surface area contributed by atoms with Crippen LogP contribution >= 0.6 is 15.9 Å². The Morgan fingerprint density at radius 3 is 2.77 bits per heavy atom. The first kappa shape index (κ1) is 9.85. The normalized spacial score (nSPS) is 9.62. The van der Waals surface area contributed by atoms with Crippen LogP contribution in [0.5, 0.6) is 0 Å². The third-order valence-corrected chi connectivity index (χ3v) is 1.97. The Labute approximate surface area is 83.3 Å². The Morgan fingerprint density at radius 1 is 1.54 bits per heavy atom. The Bertz CT molecular complexity index is 352. The maximum atomic E-state index is 11.2. The fourth-order valence-corrected chi connectivity index (χ4v) is 1.20. The molecule has 0 atom stereocenters. The van der Waals surface area contributed by atoms with Crippen molar-refractivity contribution in [2.75, 3.05) is 5.33 Å². The molecular weight excluding hydrogens is 236 g/mol. The number of amides is 1. The third-order valence-electron chi connectivity index (χ3n) is 1.46. The van der Waals surface area contributed by atoms with Crippen molar-refractivity contribution in [1.82, 2.24) is 4.98 Å². The summed E-state index contributed by atoms with van der Waals surface area (Å²) in [6.45, 7) is 0. The minimum Gasteiger partial charge on any atom is -0.364 e. The van der Waals surface area contributed by atoms with E-state index in [1.165, 1.54) is 12.3 Å². The molecule has 0 bridgehead atoms. The summed E-state index contributed by atoms with van der Waals surface area (Å²) >= 11 is 3.01. The van der Waals surface area contributed by atoms with Gasteiger partial charge in [0.15, 0.2) is 5.78 Å². The molecule has 1 rings (SSSR count). The molecule has 0 aliphatic heterocycles. The first-order valence-electron chi connectivity index (χ1n) is 3.50. The molecule has 1 amide bonds. The summed E-state index contributed by atoms with van der Waals surface area (Å²) in [4.78, 5) is 25.8. The van der Waals surface area contributed by atoms with Gasteiger partial charge in [0.25, 0.3) is 5.91 Å². The molecule has 68 valence electrons. The lowest BCUT2D eigenvalue weighted by atomic mass is 10.1. The highest BCUT2D eigenvalue weighted by Gasteiger charge is 2.14. The molecule has 2 N–H and O–H groups in total. The van der Waals surface area contributed by atoms with E-state index in [2.05, 4.69) is 20.9 Å². The average Bonchev–Trinajstić information content (AvgIpc) is 2.16. The number of primary amides is 1. The highest BCUT2D eigenvalue weighted by Crippen LogP contribution is 2.06. The molecule has 1 aromatic heterocycles. The molecular formula is C8H7BrN2O2. The Kier molecular flexibility index (Phi) is 3.13. The maximum absolute atomic E-state index is 11.2. The van der Waals surface area contributed by atoms with Crippen LogP contribution in [-0.4, -0.2) is 22.0 Å². The molecule has 0 fully saturated rings. The van der Waals surface area contributed by atoms with Gasteiger partial charge in [-0.3, -0.25) is 14.6 Å². The molecule has 1 aromatic rings. The number of aromatic nitrogens is 1. The number of nitrogens with zero attached hydrogens (tertiary/aromatic N) is 1. The molecule has 0 aliphatic carbocycles. The fourth-order valence-electron chi connectivity index (χ4n) is 0.899. The lowest BCUT2D eigenvalue weighted by Crippen LogP contribution is -2.18. The van der Waals surface area contributed by atoms with Crippen molar-refractivity contribution in [3.05, 3.63) is 29.6 Å². The number of alkyl halides is 1. The van der Waals surface area contributed by atoms with E-state index in [0.29, 0.717) is 0 Å². The minimum atomic E-state index is -0.690. The van der Waals surface area contributed by atoms with E-state index >= 15 is 0 Å². The number of rotatable bonds is 3. The van der Waals surface area contributed by atoms with Crippen molar-refractivity contribution < 1.29 is 9.59 Å². The Balaban J connectivity index is 3.19. The largest absolute Gasteiger partial charge is 0.364 e. The van der Waals surface area contributed by atoms with Gasteiger partial charge in [-0.2, -0.15) is 0 Å². The van der Waals surface area contributed by atoms with Gasteiger partial charge in [0.05, 0.1) is 5.33 Å². The molecule has 13 heavy (non-hydrogen) atoms. The van der Waals surface area contributed by atoms with Crippen molar-refractivity contribution in [3.8, 4) is 0 Å². The summed E-state index contributed by atoms with van der Waals surface area (Å²) in [6, 6.07) is 3.11. The van der Waals surface area contributed by atoms with Crippen LogP contribution in [-0.2, 0) is 0 Å². The second-order valence-electron chi connectivity index (χ2n) is 2.32. The van der Waals surface area contributed by atoms with Crippen LogP contribution in [0.1, 0.15) is 20.8 Å². The predicted octanol–water partition coefficient (Wildman–Crippen LogP) is 0.758. The quantitative estimate of drug-likeness (QED) is 0.629. The average molecular weight is 243 g/mol. The van der Waals surface area contributed by atoms with E-state index in [9.17, 15) is 9.59 Å². The van der Waals surface area contributed by atoms with Crippen LogP contribution in [0.15, 0.2) is 18.3 Å². The number of hydrogen-bond donors (Lipinski definition) is 1. The zero-order valence-corrected chi connectivity index (χ0v) is 8.24. The highest BCUT2D eigenvalue weighted by atomic mass is 79.9. The number of nitrogens with two attached hydrogens (primary N) is 1. The number of Topliss-reactive ketones (excluding diaryl/α,β-unsaturated/α-hetero) is 1. The summed E-state index contributed by atoms with van der Waals surface area (Å²) < 4.78 is 0. The van der Waals surface area contributed by atoms with E-state index in [1.807, 2.05) is 0 Å². The first-order chi connectivity index (χ1) is 6.16. The van der Waals surface area contributed by atoms with Gasteiger partial charge in [-0.15, -0.1) is 0 Å². The number of carbonyl (C=O) groups is 2. The van der Waals surface area contributed by atoms with Crippen LogP contribution in [0.2, 0.25) is 0 Å². The predicted molar refractivity (Wildman–Crippen MR) is 50.9 cm³/mol. The third kappa shape index (κ3) is 2.12. The zero-order chi connectivity index (χ0) is 9.84. The van der Waals surface area contributed by atoms with Gasteiger partial charge in [0, 0.05) is 11.8 Å². The molecule has 4 nitrogen and oxygen atoms in total. The van der Waals surface area contributed by atoms with Gasteiger partial charge < -0.3 is 5.73 Å². The molecule has 0 saturated heterocycles. The Hall–Kier alpha value is -1.23. The molecule has 0 unspecified atom stereocenters. The molecule has 0 radical (unpaired) electrons. The summed E-state index contributed by atoms with van der Waals surface area (Å²) in [6.07, 6.45) is 1.42. The minimum absolute atomic E-state index is 0.0203. The number of pyridine rings is 1. The SMILES string of the molecule is NC(=O)c1ncccc1C(=O)CBr. The van der Waals surface area contributed by atoms with E-state index in [4.69, 9.17) is 5.73 Å². The number of ketones is 1. The molecule has 0 spiro atoms. The van der Waals surface area contributed by atoms with Crippen molar-refractivity contribution in [2.45, 2.75) is 0 Å². The zero-order valence-electron chi connectivity index (χ0n) is 6.66. The number of carbonyl (C=O) groups excluding carboxylic acids is 2. The van der Waals surface area contributed by atoms with Crippen molar-refractivity contribution in [1.29, 1.82) is 0 Å². The van der Waals surface area contributed by atoms with Crippen LogP contribution in [0.4, 0.5) is 0 Å². The van der Waals surface area contributed by atoms with E-state index in [0.717, 1.165) is 0 Å². The van der Waals surface area contributed by atoms with Crippen LogP contribution in [0.3, 0.4) is 0 Å². The lowest BCUT2D eigenvalue weighted by Gasteiger charge is -2.00. The second-order valence-corrected chi connectivity index (χ2v) is 2.88. The maximum Gasteiger partial charge on any atom is 0.268 e. The van der Waals surface area contributed by atoms with Gasteiger partial charge in [0.1, 0.15) is 5.69 Å². The summed E-state index contributed by atoms with van der Waals surface area (Å²) in [5.74, 6) is -0.896. The summed E-state index contributed by atoms with van der Waals surface area (Å²) in [7, 11) is 0. The fraction of sp³-hybridized carbons (Fsp3) is 0.125. The van der Waals surface area contributed by atoms with Gasteiger partial charge >= 0.3 is 0 Å². The molecule has 5 heteroatoms. The summed E-state index contributed by atoms with van der Waals surface area (Å²) in [5.41, 5.74) is 5.31. The van der Waals surface area contributed by atoms with E-state index in [-0.39, 0.29) is 22.4 Å². The van der Waals surface area contributed by atoms with E-state index in [1.54, 1.807) is 6.07 Å². The first-order valence-corrected chi connectivity index (χ1v) is 4.63. The monoisotopic (exact) mass is 242 g/mol. The molecule has 0 aliphatic rings.